The molecule has 0 saturated heterocycles. The van der Waals surface area contributed by atoms with Gasteiger partial charge in [0, 0.05) is 43.6 Å². The molecule has 0 amide bonds. The first kappa shape index (κ1) is 23.6. The van der Waals surface area contributed by atoms with E-state index >= 15 is 0 Å². The van der Waals surface area contributed by atoms with Gasteiger partial charge in [0.05, 0.1) is 16.7 Å². The van der Waals surface area contributed by atoms with Crippen molar-refractivity contribution in [2.24, 2.45) is 0 Å². The van der Waals surface area contributed by atoms with Crippen LogP contribution in [0.2, 0.25) is 0 Å². The summed E-state index contributed by atoms with van der Waals surface area (Å²) in [4.78, 5) is 5.44. The van der Waals surface area contributed by atoms with Crippen molar-refractivity contribution in [2.45, 2.75) is 0 Å². The number of aromatic nitrogens is 2. The molecule has 7 aromatic carbocycles. The fourth-order valence-corrected chi connectivity index (χ4v) is 7.29. The third-order valence-corrected chi connectivity index (χ3v) is 9.17. The highest BCUT2D eigenvalue weighted by molar-refractivity contribution is 6.34. The predicted octanol–water partition coefficient (Wildman–Crippen LogP) is 11.2. The van der Waals surface area contributed by atoms with Crippen LogP contribution < -0.4 is 0 Å². The molecule has 0 bridgehead atoms. The minimum absolute atomic E-state index is 0.841. The number of hydrogen-bond acceptors (Lipinski definition) is 2. The quantitative estimate of drug-likeness (QED) is 0.197. The first-order valence-corrected chi connectivity index (χ1v) is 15.0. The smallest absolute Gasteiger partial charge is 0.162 e. The van der Waals surface area contributed by atoms with Gasteiger partial charge in [0.15, 0.2) is 5.58 Å². The molecule has 3 heterocycles. The van der Waals surface area contributed by atoms with Crippen LogP contribution in [0.4, 0.5) is 0 Å². The van der Waals surface area contributed by atoms with Crippen molar-refractivity contribution in [2.75, 3.05) is 0 Å². The second-order valence-corrected chi connectivity index (χ2v) is 11.5. The normalized spacial score (nSPS) is 12.1. The third-order valence-electron chi connectivity index (χ3n) is 9.17. The maximum atomic E-state index is 6.60. The van der Waals surface area contributed by atoms with Crippen LogP contribution >= 0.6 is 0 Å². The van der Waals surface area contributed by atoms with Crippen LogP contribution in [0.1, 0.15) is 0 Å². The Labute approximate surface area is 252 Å². The number of nitrogens with zero attached hydrogens (tertiary/aromatic N) is 2. The van der Waals surface area contributed by atoms with Crippen LogP contribution in [-0.4, -0.2) is 9.55 Å². The summed E-state index contributed by atoms with van der Waals surface area (Å²) in [5, 5.41) is 10.6. The maximum absolute atomic E-state index is 6.60. The van der Waals surface area contributed by atoms with Gasteiger partial charge in [0.25, 0.3) is 0 Å². The van der Waals surface area contributed by atoms with Gasteiger partial charge in [-0.15, -0.1) is 0 Å². The SMILES string of the molecule is c1ccc2c(c1)oc1c3nc(-c4ccc(-n5c6ccccc6c6ccccc65)cc4)c4ccccc4c3c3ccccc3c21. The van der Waals surface area contributed by atoms with Gasteiger partial charge in [-0.25, -0.2) is 4.98 Å². The largest absolute Gasteiger partial charge is 0.454 e. The van der Waals surface area contributed by atoms with E-state index in [1.807, 2.05) is 12.1 Å². The first-order valence-electron chi connectivity index (χ1n) is 15.0. The number of para-hydroxylation sites is 3. The average Bonchev–Trinajstić information content (AvgIpc) is 3.65. The molecule has 0 aliphatic heterocycles. The van der Waals surface area contributed by atoms with E-state index in [1.54, 1.807) is 0 Å². The van der Waals surface area contributed by atoms with E-state index in [2.05, 4.69) is 138 Å². The van der Waals surface area contributed by atoms with Gasteiger partial charge in [-0.05, 0) is 46.5 Å². The van der Waals surface area contributed by atoms with Gasteiger partial charge in [-0.1, -0.05) is 115 Å². The Morgan fingerprint density at radius 1 is 0.432 bits per heavy atom. The molecule has 10 aromatic rings. The zero-order valence-electron chi connectivity index (χ0n) is 23.7. The lowest BCUT2D eigenvalue weighted by Gasteiger charge is -2.14. The zero-order chi connectivity index (χ0) is 28.8. The highest BCUT2D eigenvalue weighted by Gasteiger charge is 2.20. The van der Waals surface area contributed by atoms with Crippen molar-refractivity contribution in [3.05, 3.63) is 146 Å². The summed E-state index contributed by atoms with van der Waals surface area (Å²) in [5.41, 5.74) is 8.19. The second-order valence-electron chi connectivity index (χ2n) is 11.5. The van der Waals surface area contributed by atoms with Gasteiger partial charge in [0.1, 0.15) is 11.1 Å². The van der Waals surface area contributed by atoms with Crippen LogP contribution in [0, 0.1) is 0 Å². The predicted molar refractivity (Wildman–Crippen MR) is 184 cm³/mol. The minimum atomic E-state index is 0.841. The number of pyridine rings is 1. The van der Waals surface area contributed by atoms with Crippen molar-refractivity contribution < 1.29 is 4.42 Å². The van der Waals surface area contributed by atoms with Gasteiger partial charge in [-0.3, -0.25) is 0 Å². The van der Waals surface area contributed by atoms with E-state index in [9.17, 15) is 0 Å². The van der Waals surface area contributed by atoms with Gasteiger partial charge >= 0.3 is 0 Å². The lowest BCUT2D eigenvalue weighted by atomic mass is 9.94. The molecule has 10 rings (SSSR count). The second kappa shape index (κ2) is 8.79. The molecule has 0 radical (unpaired) electrons. The number of benzene rings is 7. The van der Waals surface area contributed by atoms with E-state index in [0.717, 1.165) is 55.2 Å². The third kappa shape index (κ3) is 3.13. The summed E-state index contributed by atoms with van der Waals surface area (Å²) in [6, 6.07) is 51.7. The monoisotopic (exact) mass is 560 g/mol. The van der Waals surface area contributed by atoms with Crippen molar-refractivity contribution in [1.82, 2.24) is 9.55 Å². The summed E-state index contributed by atoms with van der Waals surface area (Å²) in [7, 11) is 0. The van der Waals surface area contributed by atoms with Crippen molar-refractivity contribution in [3.8, 4) is 16.9 Å². The van der Waals surface area contributed by atoms with Gasteiger partial charge < -0.3 is 8.98 Å². The molecule has 3 heteroatoms. The Hall–Kier alpha value is -5.93. The Bertz CT molecular complexity index is 2710. The molecule has 0 aliphatic carbocycles. The Balaban J connectivity index is 1.27. The number of rotatable bonds is 2. The molecule has 0 unspecified atom stereocenters. The van der Waals surface area contributed by atoms with Crippen LogP contribution in [0.25, 0.3) is 93.1 Å². The number of fused-ring (bicyclic) bond motifs is 13. The Morgan fingerprint density at radius 3 is 1.59 bits per heavy atom. The van der Waals surface area contributed by atoms with Crippen LogP contribution in [-0.2, 0) is 0 Å². The van der Waals surface area contributed by atoms with E-state index in [1.165, 1.54) is 38.0 Å². The van der Waals surface area contributed by atoms with Crippen LogP contribution in [0.3, 0.4) is 0 Å². The minimum Gasteiger partial charge on any atom is -0.454 e. The fourth-order valence-electron chi connectivity index (χ4n) is 7.29. The lowest BCUT2D eigenvalue weighted by Crippen LogP contribution is -1.95. The highest BCUT2D eigenvalue weighted by Crippen LogP contribution is 2.44. The summed E-state index contributed by atoms with van der Waals surface area (Å²) in [6.45, 7) is 0. The molecule has 0 fully saturated rings. The molecule has 0 aliphatic rings. The molecule has 0 spiro atoms. The lowest BCUT2D eigenvalue weighted by molar-refractivity contribution is 0.672. The highest BCUT2D eigenvalue weighted by atomic mass is 16.3. The molecule has 0 saturated carbocycles. The van der Waals surface area contributed by atoms with E-state index in [-0.39, 0.29) is 0 Å². The maximum Gasteiger partial charge on any atom is 0.162 e. The first-order chi connectivity index (χ1) is 21.8. The van der Waals surface area contributed by atoms with Crippen molar-refractivity contribution >= 4 is 76.2 Å². The summed E-state index contributed by atoms with van der Waals surface area (Å²) in [5.74, 6) is 0. The molecule has 0 atom stereocenters. The summed E-state index contributed by atoms with van der Waals surface area (Å²) in [6.07, 6.45) is 0. The molecular formula is C41H24N2O. The molecular weight excluding hydrogens is 536 g/mol. The van der Waals surface area contributed by atoms with E-state index in [4.69, 9.17) is 9.40 Å². The van der Waals surface area contributed by atoms with Crippen molar-refractivity contribution in [1.29, 1.82) is 0 Å². The summed E-state index contributed by atoms with van der Waals surface area (Å²) < 4.78 is 8.95. The van der Waals surface area contributed by atoms with E-state index < -0.39 is 0 Å². The number of hydrogen-bond donors (Lipinski definition) is 0. The van der Waals surface area contributed by atoms with Crippen LogP contribution in [0.5, 0.6) is 0 Å². The van der Waals surface area contributed by atoms with E-state index in [0.29, 0.717) is 0 Å². The zero-order valence-corrected chi connectivity index (χ0v) is 23.7. The molecule has 44 heavy (non-hydrogen) atoms. The van der Waals surface area contributed by atoms with Gasteiger partial charge in [-0.2, -0.15) is 0 Å². The molecule has 3 aromatic heterocycles. The Morgan fingerprint density at radius 2 is 0.932 bits per heavy atom. The molecule has 204 valence electrons. The summed E-state index contributed by atoms with van der Waals surface area (Å²) >= 11 is 0. The average molecular weight is 561 g/mol. The number of furan rings is 1. The van der Waals surface area contributed by atoms with Crippen molar-refractivity contribution in [3.63, 3.8) is 0 Å². The van der Waals surface area contributed by atoms with Gasteiger partial charge in [0.2, 0.25) is 0 Å². The molecule has 0 N–H and O–H groups in total. The fraction of sp³-hybridized carbons (Fsp3) is 0. The standard InChI is InChI=1S/C41H24N2O/c1-2-14-30-29(13-1)37-31-15-3-4-16-32(31)39(42-40(37)41-38(30)33-17-7-10-20-36(33)44-41)25-21-23-26(24-22-25)43-34-18-8-5-11-27(34)28-12-6-9-19-35(28)43/h1-24H. The topological polar surface area (TPSA) is 31.0 Å². The van der Waals surface area contributed by atoms with Crippen LogP contribution in [0.15, 0.2) is 150 Å². The molecule has 3 nitrogen and oxygen atoms in total. The Kier molecular flexibility index (Phi) is 4.72.